The van der Waals surface area contributed by atoms with Crippen molar-refractivity contribution in [3.05, 3.63) is 36.3 Å². The number of amides is 1. The molecule has 1 atom stereocenters. The minimum Gasteiger partial charge on any atom is -0.497 e. The van der Waals surface area contributed by atoms with E-state index in [0.717, 1.165) is 35.7 Å². The van der Waals surface area contributed by atoms with Crippen LogP contribution in [0.2, 0.25) is 0 Å². The van der Waals surface area contributed by atoms with Crippen molar-refractivity contribution in [2.45, 2.75) is 44.9 Å². The number of benzene rings is 1. The summed E-state index contributed by atoms with van der Waals surface area (Å²) in [7, 11) is 1.66. The van der Waals surface area contributed by atoms with E-state index >= 15 is 0 Å². The maximum absolute atomic E-state index is 12.2. The molecule has 1 unspecified atom stereocenters. The zero-order chi connectivity index (χ0) is 17.9. The quantitative estimate of drug-likeness (QED) is 0.896. The molecule has 0 bridgehead atoms. The van der Waals surface area contributed by atoms with E-state index in [-0.39, 0.29) is 17.9 Å². The van der Waals surface area contributed by atoms with Crippen LogP contribution in [0.3, 0.4) is 0 Å². The van der Waals surface area contributed by atoms with Gasteiger partial charge in [0, 0.05) is 24.2 Å². The zero-order valence-electron chi connectivity index (χ0n) is 15.1. The Hall–Kier alpha value is -2.34. The number of methoxy groups -OCH3 is 1. The van der Waals surface area contributed by atoms with Gasteiger partial charge in [-0.1, -0.05) is 12.8 Å². The molecule has 1 aromatic carbocycles. The van der Waals surface area contributed by atoms with Crippen molar-refractivity contribution in [2.24, 2.45) is 5.92 Å². The Balaban J connectivity index is 1.37. The fourth-order valence-electron chi connectivity index (χ4n) is 3.76. The molecule has 26 heavy (non-hydrogen) atoms. The van der Waals surface area contributed by atoms with Crippen LogP contribution in [0, 0.1) is 5.92 Å². The number of carbonyl (C=O) groups is 1. The van der Waals surface area contributed by atoms with Gasteiger partial charge in [0.15, 0.2) is 0 Å². The van der Waals surface area contributed by atoms with Gasteiger partial charge in [-0.15, -0.1) is 0 Å². The molecule has 2 aromatic rings. The van der Waals surface area contributed by atoms with Crippen LogP contribution in [0.25, 0.3) is 11.3 Å². The fourth-order valence-corrected chi connectivity index (χ4v) is 3.76. The molecule has 6 nitrogen and oxygen atoms in total. The Morgan fingerprint density at radius 2 is 2.08 bits per heavy atom. The number of carbonyl (C=O) groups excluding carboxylic acids is 1. The van der Waals surface area contributed by atoms with Gasteiger partial charge in [0.25, 0.3) is 0 Å². The van der Waals surface area contributed by atoms with Gasteiger partial charge in [0.2, 0.25) is 5.91 Å². The topological polar surface area (TPSA) is 65.4 Å². The summed E-state index contributed by atoms with van der Waals surface area (Å²) in [4.78, 5) is 16.9. The molecule has 1 aliphatic carbocycles. The zero-order valence-corrected chi connectivity index (χ0v) is 15.1. The summed E-state index contributed by atoms with van der Waals surface area (Å²) in [6, 6.07) is 7.89. The van der Waals surface area contributed by atoms with Gasteiger partial charge in [-0.2, -0.15) is 0 Å². The summed E-state index contributed by atoms with van der Waals surface area (Å²) in [5.41, 5.74) is 1.99. The first-order chi connectivity index (χ1) is 12.7. The van der Waals surface area contributed by atoms with E-state index in [2.05, 4.69) is 21.1 Å². The molecule has 4 rings (SSSR count). The largest absolute Gasteiger partial charge is 0.497 e. The Bertz CT molecular complexity index is 763. The number of hydrogen-bond acceptors (Lipinski definition) is 4. The van der Waals surface area contributed by atoms with Crippen LogP contribution in [0.4, 0.5) is 0 Å². The molecule has 0 saturated heterocycles. The number of nitrogens with one attached hydrogen (secondary N) is 1. The summed E-state index contributed by atoms with van der Waals surface area (Å²) in [5, 5.41) is 3.06. The highest BCUT2D eigenvalue weighted by molar-refractivity contribution is 5.78. The van der Waals surface area contributed by atoms with Crippen molar-refractivity contribution in [3.63, 3.8) is 0 Å². The van der Waals surface area contributed by atoms with Gasteiger partial charge in [-0.05, 0) is 37.1 Å². The second-order valence-electron chi connectivity index (χ2n) is 7.08. The number of rotatable bonds is 5. The molecule has 0 spiro atoms. The monoisotopic (exact) mass is 355 g/mol. The average Bonchev–Trinajstić information content (AvgIpc) is 3.35. The predicted molar refractivity (Wildman–Crippen MR) is 97.8 cm³/mol. The van der Waals surface area contributed by atoms with Crippen LogP contribution in [0.15, 0.2) is 30.5 Å². The van der Waals surface area contributed by atoms with Gasteiger partial charge in [-0.25, -0.2) is 4.98 Å². The third kappa shape index (κ3) is 3.60. The van der Waals surface area contributed by atoms with Crippen molar-refractivity contribution in [1.29, 1.82) is 0 Å². The molecule has 138 valence electrons. The molecule has 1 aliphatic heterocycles. The summed E-state index contributed by atoms with van der Waals surface area (Å²) in [6.45, 7) is 1.74. The first kappa shape index (κ1) is 17.1. The second kappa shape index (κ2) is 7.50. The number of nitrogens with zero attached hydrogens (tertiary/aromatic N) is 2. The predicted octanol–water partition coefficient (Wildman–Crippen LogP) is 2.76. The Labute approximate surface area is 153 Å². The van der Waals surface area contributed by atoms with Crippen molar-refractivity contribution in [1.82, 2.24) is 14.9 Å². The molecule has 2 heterocycles. The van der Waals surface area contributed by atoms with Gasteiger partial charge in [-0.3, -0.25) is 4.79 Å². The summed E-state index contributed by atoms with van der Waals surface area (Å²) in [5.74, 6) is 2.14. The minimum absolute atomic E-state index is 0.00855. The highest BCUT2D eigenvalue weighted by Crippen LogP contribution is 2.26. The maximum Gasteiger partial charge on any atom is 0.223 e. The second-order valence-corrected chi connectivity index (χ2v) is 7.08. The molecule has 2 aliphatic rings. The van der Waals surface area contributed by atoms with E-state index in [9.17, 15) is 4.79 Å². The third-order valence-electron chi connectivity index (χ3n) is 5.32. The van der Waals surface area contributed by atoms with Crippen molar-refractivity contribution < 1.29 is 14.3 Å². The van der Waals surface area contributed by atoms with Crippen molar-refractivity contribution in [2.75, 3.05) is 13.7 Å². The average molecular weight is 355 g/mol. The molecule has 1 saturated carbocycles. The number of ether oxygens (including phenoxy) is 2. The lowest BCUT2D eigenvalue weighted by Gasteiger charge is -2.25. The fraction of sp³-hybridized carbons (Fsp3) is 0.500. The lowest BCUT2D eigenvalue weighted by Crippen LogP contribution is -2.40. The van der Waals surface area contributed by atoms with Crippen LogP contribution in [-0.4, -0.2) is 35.2 Å². The lowest BCUT2D eigenvalue weighted by molar-refractivity contribution is -0.125. The van der Waals surface area contributed by atoms with E-state index < -0.39 is 0 Å². The minimum atomic E-state index is -0.00855. The van der Waals surface area contributed by atoms with E-state index in [1.807, 2.05) is 24.3 Å². The number of imidazole rings is 1. The van der Waals surface area contributed by atoms with Gasteiger partial charge in [0.05, 0.1) is 25.5 Å². The van der Waals surface area contributed by atoms with Crippen LogP contribution in [0.5, 0.6) is 5.75 Å². The molecule has 1 amide bonds. The molecule has 1 aromatic heterocycles. The van der Waals surface area contributed by atoms with Gasteiger partial charge in [0.1, 0.15) is 18.2 Å². The van der Waals surface area contributed by atoms with Gasteiger partial charge >= 0.3 is 0 Å². The molecule has 1 N–H and O–H groups in total. The SMILES string of the molecule is COc1ccc(-c2cn3c(n2)COC(CNC(=O)C2CCCC2)C3)cc1. The Morgan fingerprint density at radius 1 is 1.31 bits per heavy atom. The van der Waals surface area contributed by atoms with Crippen molar-refractivity contribution >= 4 is 5.91 Å². The maximum atomic E-state index is 12.2. The summed E-state index contributed by atoms with van der Waals surface area (Å²) < 4.78 is 13.2. The smallest absolute Gasteiger partial charge is 0.223 e. The molecular weight excluding hydrogens is 330 g/mol. The highest BCUT2D eigenvalue weighted by atomic mass is 16.5. The molecule has 1 fully saturated rings. The highest BCUT2D eigenvalue weighted by Gasteiger charge is 2.25. The molecule has 6 heteroatoms. The number of hydrogen-bond donors (Lipinski definition) is 1. The Morgan fingerprint density at radius 3 is 2.81 bits per heavy atom. The standard InChI is InChI=1S/C20H25N3O3/c1-25-16-8-6-14(7-9-16)18-12-23-11-17(26-13-19(23)22-18)10-21-20(24)15-4-2-3-5-15/h6-9,12,15,17H,2-5,10-11,13H2,1H3,(H,21,24). The third-order valence-corrected chi connectivity index (χ3v) is 5.32. The van der Waals surface area contributed by atoms with Crippen LogP contribution < -0.4 is 10.1 Å². The first-order valence-corrected chi connectivity index (χ1v) is 9.32. The van der Waals surface area contributed by atoms with Gasteiger partial charge < -0.3 is 19.4 Å². The van der Waals surface area contributed by atoms with Crippen LogP contribution in [0.1, 0.15) is 31.5 Å². The first-order valence-electron chi connectivity index (χ1n) is 9.32. The van der Waals surface area contributed by atoms with Crippen LogP contribution in [-0.2, 0) is 22.7 Å². The van der Waals surface area contributed by atoms with E-state index in [4.69, 9.17) is 9.47 Å². The Kier molecular flexibility index (Phi) is 4.93. The van der Waals surface area contributed by atoms with Crippen molar-refractivity contribution in [3.8, 4) is 17.0 Å². The van der Waals surface area contributed by atoms with Crippen LogP contribution >= 0.6 is 0 Å². The van der Waals surface area contributed by atoms with E-state index in [1.54, 1.807) is 7.11 Å². The van der Waals surface area contributed by atoms with E-state index in [1.165, 1.54) is 12.8 Å². The van der Waals surface area contributed by atoms with E-state index in [0.29, 0.717) is 19.7 Å². The molecule has 0 radical (unpaired) electrons. The summed E-state index contributed by atoms with van der Waals surface area (Å²) >= 11 is 0. The lowest BCUT2D eigenvalue weighted by atomic mass is 10.1. The number of aromatic nitrogens is 2. The normalized spacial score (nSPS) is 20.0. The molecular formula is C20H25N3O3. The summed E-state index contributed by atoms with van der Waals surface area (Å²) in [6.07, 6.45) is 6.44. The number of fused-ring (bicyclic) bond motifs is 1.